The summed E-state index contributed by atoms with van der Waals surface area (Å²) in [6.45, 7) is 0.199. The largest absolute Gasteiger partial charge is 0.390 e. The molecule has 0 saturated heterocycles. The van der Waals surface area contributed by atoms with Crippen LogP contribution in [0, 0.1) is 10.1 Å². The summed E-state index contributed by atoms with van der Waals surface area (Å²) in [5.41, 5.74) is 2.39. The Balaban J connectivity index is 2.34. The van der Waals surface area contributed by atoms with Gasteiger partial charge in [-0.25, -0.2) is 10.1 Å². The van der Waals surface area contributed by atoms with Crippen molar-refractivity contribution in [3.63, 3.8) is 0 Å². The fourth-order valence-electron chi connectivity index (χ4n) is 0.810. The molecular weight excluding hydrogens is 200 g/mol. The van der Waals surface area contributed by atoms with E-state index in [0.29, 0.717) is 5.12 Å². The van der Waals surface area contributed by atoms with Gasteiger partial charge in [-0.05, 0) is 5.12 Å². The van der Waals surface area contributed by atoms with Crippen molar-refractivity contribution >= 4 is 11.6 Å². The van der Waals surface area contributed by atoms with Gasteiger partial charge in [0, 0.05) is 6.20 Å². The minimum atomic E-state index is -0.717. The van der Waals surface area contributed by atoms with Gasteiger partial charge in [-0.15, -0.1) is 11.6 Å². The van der Waals surface area contributed by atoms with E-state index in [1.807, 2.05) is 0 Å². The number of aliphatic hydroxyl groups excluding tert-OH is 1. The molecule has 0 bridgehead atoms. The lowest BCUT2D eigenvalue weighted by Crippen LogP contribution is -2.45. The molecule has 8 heteroatoms. The molecule has 0 radical (unpaired) electrons. The third-order valence-corrected chi connectivity index (χ3v) is 1.74. The molecule has 0 fully saturated rings. The predicted octanol–water partition coefficient (Wildman–Crippen LogP) is -0.714. The van der Waals surface area contributed by atoms with E-state index in [1.165, 1.54) is 17.4 Å². The van der Waals surface area contributed by atoms with E-state index in [0.717, 1.165) is 0 Å². The van der Waals surface area contributed by atoms with Crippen LogP contribution in [0.25, 0.3) is 0 Å². The summed E-state index contributed by atoms with van der Waals surface area (Å²) in [6, 6.07) is 0. The number of rotatable bonds is 4. The molecule has 0 aromatic rings. The zero-order chi connectivity index (χ0) is 9.84. The molecule has 1 atom stereocenters. The average Bonchev–Trinajstić information content (AvgIpc) is 2.52. The van der Waals surface area contributed by atoms with Crippen LogP contribution in [0.1, 0.15) is 0 Å². The lowest BCUT2D eigenvalue weighted by molar-refractivity contribution is -0.657. The Morgan fingerprint density at radius 3 is 2.85 bits per heavy atom. The zero-order valence-corrected chi connectivity index (χ0v) is 7.39. The Morgan fingerprint density at radius 1 is 1.69 bits per heavy atom. The van der Waals surface area contributed by atoms with E-state index in [-0.39, 0.29) is 12.4 Å². The number of alkyl halides is 1. The minimum Gasteiger partial charge on any atom is -0.390 e. The van der Waals surface area contributed by atoms with Gasteiger partial charge < -0.3 is 5.11 Å². The van der Waals surface area contributed by atoms with Gasteiger partial charge in [-0.2, -0.15) is 0 Å². The lowest BCUT2D eigenvalue weighted by atomic mass is 10.4. The van der Waals surface area contributed by atoms with Crippen LogP contribution in [0.5, 0.6) is 0 Å². The maximum Gasteiger partial charge on any atom is 0.182 e. The molecule has 1 heterocycles. The Kier molecular flexibility index (Phi) is 3.29. The Bertz CT molecular complexity index is 224. The highest BCUT2D eigenvalue weighted by molar-refractivity contribution is 6.18. The highest BCUT2D eigenvalue weighted by atomic mass is 35.5. The molecule has 0 aromatic heterocycles. The maximum absolute atomic E-state index is 10.2. The van der Waals surface area contributed by atoms with Crippen molar-refractivity contribution < 1.29 is 10.1 Å². The molecule has 0 saturated carbocycles. The van der Waals surface area contributed by atoms with Crippen molar-refractivity contribution in [2.24, 2.45) is 0 Å². The number of hydrazine groups is 3. The second-order valence-corrected chi connectivity index (χ2v) is 2.75. The average molecular weight is 209 g/mol. The number of aliphatic hydroxyl groups is 1. The Labute approximate surface area is 79.2 Å². The number of hydrogen-bond acceptors (Lipinski definition) is 5. The molecule has 0 aliphatic carbocycles. The molecule has 13 heavy (non-hydrogen) atoms. The van der Waals surface area contributed by atoms with Crippen LogP contribution in [0.3, 0.4) is 0 Å². The Hall–Kier alpha value is -1.05. The van der Waals surface area contributed by atoms with Gasteiger partial charge in [0.05, 0.1) is 18.5 Å². The van der Waals surface area contributed by atoms with E-state index in [1.54, 1.807) is 0 Å². The van der Waals surface area contributed by atoms with E-state index < -0.39 is 11.1 Å². The summed E-state index contributed by atoms with van der Waals surface area (Å²) in [6.07, 6.45) is 1.96. The molecule has 2 N–H and O–H groups in total. The fraction of sp³-hybridized carbons (Fsp3) is 0.600. The first-order chi connectivity index (χ1) is 6.13. The maximum atomic E-state index is 10.2. The number of nitrogens with one attached hydrogen (secondary N) is 1. The summed E-state index contributed by atoms with van der Waals surface area (Å²) in [4.78, 5) is 10.2. The number of β-amino-alcohol motifs (C(OH)–C–C–N with tert-alkyl or cyclic N) is 1. The number of nitrogens with zero attached hydrogens (tertiary/aromatic N) is 3. The van der Waals surface area contributed by atoms with Crippen molar-refractivity contribution in [2.45, 2.75) is 6.10 Å². The third kappa shape index (κ3) is 2.72. The van der Waals surface area contributed by atoms with Crippen LogP contribution >= 0.6 is 11.6 Å². The first-order valence-corrected chi connectivity index (χ1v) is 4.05. The van der Waals surface area contributed by atoms with Crippen LogP contribution in [-0.4, -0.2) is 38.8 Å². The van der Waals surface area contributed by atoms with Crippen LogP contribution < -0.4 is 5.53 Å². The molecule has 0 amide bonds. The van der Waals surface area contributed by atoms with Crippen LogP contribution in [0.15, 0.2) is 12.4 Å². The summed E-state index contributed by atoms with van der Waals surface area (Å²) < 4.78 is 0. The molecule has 1 aliphatic rings. The van der Waals surface area contributed by atoms with Crippen LogP contribution in [0.2, 0.25) is 0 Å². The van der Waals surface area contributed by atoms with Gasteiger partial charge in [-0.3, -0.25) is 5.01 Å². The van der Waals surface area contributed by atoms with E-state index in [2.05, 4.69) is 5.53 Å². The number of hydrogen-bond donors (Lipinski definition) is 2. The third-order valence-electron chi connectivity index (χ3n) is 1.38. The zero-order valence-electron chi connectivity index (χ0n) is 6.63. The van der Waals surface area contributed by atoms with Crippen molar-refractivity contribution in [1.29, 1.82) is 0 Å². The first kappa shape index (κ1) is 10.0. The van der Waals surface area contributed by atoms with E-state index in [4.69, 9.17) is 16.7 Å². The molecule has 0 spiro atoms. The fourth-order valence-corrected chi connectivity index (χ4v) is 0.908. The van der Waals surface area contributed by atoms with E-state index >= 15 is 0 Å². The molecule has 1 rings (SSSR count). The predicted molar refractivity (Wildman–Crippen MR) is 44.5 cm³/mol. The quantitative estimate of drug-likeness (QED) is 0.361. The lowest BCUT2D eigenvalue weighted by Gasteiger charge is -2.18. The monoisotopic (exact) mass is 208 g/mol. The molecular formula is C5H9ClN4O3. The van der Waals surface area contributed by atoms with E-state index in [9.17, 15) is 10.1 Å². The first-order valence-electron chi connectivity index (χ1n) is 3.52. The van der Waals surface area contributed by atoms with Gasteiger partial charge in [-0.1, -0.05) is 5.53 Å². The normalized spacial score (nSPS) is 18.0. The number of nitro groups is 1. The van der Waals surface area contributed by atoms with Gasteiger partial charge in [0.15, 0.2) is 5.03 Å². The van der Waals surface area contributed by atoms with Crippen molar-refractivity contribution in [3.8, 4) is 0 Å². The molecule has 1 unspecified atom stereocenters. The number of halogens is 1. The van der Waals surface area contributed by atoms with Crippen LogP contribution in [0.4, 0.5) is 0 Å². The smallest absolute Gasteiger partial charge is 0.182 e. The summed E-state index contributed by atoms with van der Waals surface area (Å²) >= 11 is 5.35. The summed E-state index contributed by atoms with van der Waals surface area (Å²) in [7, 11) is 0. The molecule has 74 valence electrons. The van der Waals surface area contributed by atoms with Gasteiger partial charge in [0.2, 0.25) is 0 Å². The standard InChI is InChI=1S/C5H9ClN4O3/c6-3-5(11)4-8-1-2-9(7-8)10(12)13/h1-2,5,7,11H,3-4H2. The van der Waals surface area contributed by atoms with Gasteiger partial charge >= 0.3 is 0 Å². The molecule has 0 aromatic carbocycles. The summed E-state index contributed by atoms with van der Waals surface area (Å²) in [5, 5.41) is 20.7. The van der Waals surface area contributed by atoms with Gasteiger partial charge in [0.1, 0.15) is 6.20 Å². The SMILES string of the molecule is O=[N+]([O-])N1C=CN(CC(O)CCl)N1. The second-order valence-electron chi connectivity index (χ2n) is 2.44. The highest BCUT2D eigenvalue weighted by Gasteiger charge is 2.21. The topological polar surface area (TPSA) is 81.9 Å². The second kappa shape index (κ2) is 4.26. The molecule has 1 aliphatic heterocycles. The van der Waals surface area contributed by atoms with Gasteiger partial charge in [0.25, 0.3) is 0 Å². The summed E-state index contributed by atoms with van der Waals surface area (Å²) in [5.74, 6) is 0.0878. The molecule has 7 nitrogen and oxygen atoms in total. The Morgan fingerprint density at radius 2 is 2.38 bits per heavy atom. The highest BCUT2D eigenvalue weighted by Crippen LogP contribution is 2.01. The van der Waals surface area contributed by atoms with Crippen molar-refractivity contribution in [3.05, 3.63) is 22.5 Å². The van der Waals surface area contributed by atoms with Crippen molar-refractivity contribution in [1.82, 2.24) is 15.7 Å². The minimum absolute atomic E-state index is 0.0878. The van der Waals surface area contributed by atoms with Crippen molar-refractivity contribution in [2.75, 3.05) is 12.4 Å². The van der Waals surface area contributed by atoms with Crippen LogP contribution in [-0.2, 0) is 0 Å².